The van der Waals surface area contributed by atoms with Crippen LogP contribution < -0.4 is 5.73 Å². The van der Waals surface area contributed by atoms with Gasteiger partial charge in [0.2, 0.25) is 0 Å². The van der Waals surface area contributed by atoms with E-state index in [1.165, 1.54) is 12.8 Å². The second-order valence-electron chi connectivity index (χ2n) is 3.24. The Bertz CT molecular complexity index is 216. The molecule has 1 heterocycles. The van der Waals surface area contributed by atoms with Crippen molar-refractivity contribution < 1.29 is 4.52 Å². The molecule has 0 bridgehead atoms. The van der Waals surface area contributed by atoms with Crippen molar-refractivity contribution in [3.8, 4) is 0 Å². The second kappa shape index (κ2) is 2.66. The van der Waals surface area contributed by atoms with E-state index in [0.29, 0.717) is 0 Å². The van der Waals surface area contributed by atoms with Crippen LogP contribution in [0.2, 0.25) is 0 Å². The molecule has 1 aliphatic carbocycles. The van der Waals surface area contributed by atoms with Crippen LogP contribution >= 0.6 is 0 Å². The van der Waals surface area contributed by atoms with Crippen LogP contribution in [0.25, 0.3) is 0 Å². The molecule has 3 nitrogen and oxygen atoms in total. The highest BCUT2D eigenvalue weighted by Gasteiger charge is 2.24. The van der Waals surface area contributed by atoms with Crippen LogP contribution in [0.1, 0.15) is 30.9 Å². The van der Waals surface area contributed by atoms with Gasteiger partial charge in [-0.2, -0.15) is 0 Å². The molecule has 1 aliphatic rings. The van der Waals surface area contributed by atoms with Gasteiger partial charge < -0.3 is 10.3 Å². The van der Waals surface area contributed by atoms with Crippen LogP contribution in [0, 0.1) is 5.92 Å². The van der Waals surface area contributed by atoms with Crippen molar-refractivity contribution in [3.63, 3.8) is 0 Å². The Labute approximate surface area is 65.6 Å². The molecule has 2 rings (SSSR count). The summed E-state index contributed by atoms with van der Waals surface area (Å²) >= 11 is 0. The molecule has 2 N–H and O–H groups in total. The SMILES string of the molecule is NC(CC1CC1)c1cnoc1. The molecule has 0 radical (unpaired) electrons. The zero-order valence-corrected chi connectivity index (χ0v) is 6.36. The minimum Gasteiger partial charge on any atom is -0.364 e. The Morgan fingerprint density at radius 2 is 2.55 bits per heavy atom. The largest absolute Gasteiger partial charge is 0.364 e. The van der Waals surface area contributed by atoms with Crippen molar-refractivity contribution in [1.82, 2.24) is 5.16 Å². The van der Waals surface area contributed by atoms with Crippen molar-refractivity contribution in [2.45, 2.75) is 25.3 Å². The summed E-state index contributed by atoms with van der Waals surface area (Å²) in [5.74, 6) is 0.861. The van der Waals surface area contributed by atoms with Gasteiger partial charge in [0.15, 0.2) is 0 Å². The highest BCUT2D eigenvalue weighted by Crippen LogP contribution is 2.36. The predicted molar refractivity (Wildman–Crippen MR) is 40.8 cm³/mol. The molecule has 11 heavy (non-hydrogen) atoms. The molecule has 0 amide bonds. The summed E-state index contributed by atoms with van der Waals surface area (Å²) in [6.45, 7) is 0. The second-order valence-corrected chi connectivity index (χ2v) is 3.24. The Morgan fingerprint density at radius 3 is 3.09 bits per heavy atom. The van der Waals surface area contributed by atoms with Gasteiger partial charge in [-0.3, -0.25) is 0 Å². The fourth-order valence-corrected chi connectivity index (χ4v) is 1.24. The van der Waals surface area contributed by atoms with Crippen LogP contribution in [0.4, 0.5) is 0 Å². The van der Waals surface area contributed by atoms with Gasteiger partial charge in [0, 0.05) is 11.6 Å². The van der Waals surface area contributed by atoms with E-state index in [9.17, 15) is 0 Å². The van der Waals surface area contributed by atoms with E-state index in [4.69, 9.17) is 10.3 Å². The number of nitrogens with two attached hydrogens (primary N) is 1. The number of rotatable bonds is 3. The van der Waals surface area contributed by atoms with Crippen molar-refractivity contribution in [2.75, 3.05) is 0 Å². The molecule has 1 aromatic rings. The Kier molecular flexibility index (Phi) is 1.66. The third kappa shape index (κ3) is 1.60. The highest BCUT2D eigenvalue weighted by molar-refractivity contribution is 5.07. The summed E-state index contributed by atoms with van der Waals surface area (Å²) in [6, 6.07) is 0.133. The molecule has 0 aromatic carbocycles. The Balaban J connectivity index is 1.93. The van der Waals surface area contributed by atoms with E-state index in [2.05, 4.69) is 5.16 Å². The van der Waals surface area contributed by atoms with Gasteiger partial charge in [0.05, 0.1) is 6.20 Å². The lowest BCUT2D eigenvalue weighted by Gasteiger charge is -2.05. The molecule has 1 atom stereocenters. The minimum atomic E-state index is 0.133. The molecule has 3 heteroatoms. The summed E-state index contributed by atoms with van der Waals surface area (Å²) in [7, 11) is 0. The summed E-state index contributed by atoms with van der Waals surface area (Å²) in [4.78, 5) is 0. The van der Waals surface area contributed by atoms with Crippen LogP contribution in [-0.2, 0) is 0 Å². The molecule has 1 fully saturated rings. The molecule has 60 valence electrons. The van der Waals surface area contributed by atoms with Gasteiger partial charge in [-0.15, -0.1) is 0 Å². The van der Waals surface area contributed by atoms with Gasteiger partial charge in [0.25, 0.3) is 0 Å². The first-order chi connectivity index (χ1) is 5.36. The fraction of sp³-hybridized carbons (Fsp3) is 0.625. The maximum atomic E-state index is 5.88. The third-order valence-corrected chi connectivity index (χ3v) is 2.16. The van der Waals surface area contributed by atoms with E-state index >= 15 is 0 Å². The molecule has 0 aliphatic heterocycles. The molecule has 1 unspecified atom stereocenters. The quantitative estimate of drug-likeness (QED) is 0.713. The Morgan fingerprint density at radius 1 is 1.73 bits per heavy atom. The number of hydrogen-bond donors (Lipinski definition) is 1. The molecule has 1 aromatic heterocycles. The molecule has 1 saturated carbocycles. The molecule has 0 spiro atoms. The smallest absolute Gasteiger partial charge is 0.128 e. The van der Waals surface area contributed by atoms with Crippen molar-refractivity contribution >= 4 is 0 Å². The van der Waals surface area contributed by atoms with Crippen LogP contribution in [-0.4, -0.2) is 5.16 Å². The highest BCUT2D eigenvalue weighted by atomic mass is 16.5. The first-order valence-corrected chi connectivity index (χ1v) is 4.01. The summed E-state index contributed by atoms with van der Waals surface area (Å²) < 4.78 is 4.71. The standard InChI is InChI=1S/C8H12N2O/c9-8(3-6-1-2-6)7-4-10-11-5-7/h4-6,8H,1-3,9H2. The van der Waals surface area contributed by atoms with Gasteiger partial charge in [0.1, 0.15) is 6.26 Å². The molecular weight excluding hydrogens is 140 g/mol. The van der Waals surface area contributed by atoms with E-state index in [1.807, 2.05) is 0 Å². The van der Waals surface area contributed by atoms with Crippen LogP contribution in [0.3, 0.4) is 0 Å². The van der Waals surface area contributed by atoms with Crippen molar-refractivity contribution in [1.29, 1.82) is 0 Å². The number of aromatic nitrogens is 1. The minimum absolute atomic E-state index is 0.133. The lowest BCUT2D eigenvalue weighted by molar-refractivity contribution is 0.417. The van der Waals surface area contributed by atoms with E-state index < -0.39 is 0 Å². The lowest BCUT2D eigenvalue weighted by atomic mass is 10.1. The van der Waals surface area contributed by atoms with Gasteiger partial charge in [-0.05, 0) is 12.3 Å². The summed E-state index contributed by atoms with van der Waals surface area (Å²) in [6.07, 6.45) is 7.11. The first-order valence-electron chi connectivity index (χ1n) is 4.01. The van der Waals surface area contributed by atoms with E-state index in [0.717, 1.165) is 17.9 Å². The van der Waals surface area contributed by atoms with E-state index in [-0.39, 0.29) is 6.04 Å². The third-order valence-electron chi connectivity index (χ3n) is 2.16. The maximum Gasteiger partial charge on any atom is 0.128 e. The Hall–Kier alpha value is -0.830. The average Bonchev–Trinajstić information content (AvgIpc) is 2.67. The normalized spacial score (nSPS) is 20.1. The monoisotopic (exact) mass is 152 g/mol. The number of nitrogens with zero attached hydrogens (tertiary/aromatic N) is 1. The van der Waals surface area contributed by atoms with Crippen molar-refractivity contribution in [2.24, 2.45) is 11.7 Å². The first kappa shape index (κ1) is 6.85. The van der Waals surface area contributed by atoms with Crippen LogP contribution in [0.15, 0.2) is 17.0 Å². The molecule has 0 saturated heterocycles. The maximum absolute atomic E-state index is 5.88. The molecular formula is C8H12N2O. The fourth-order valence-electron chi connectivity index (χ4n) is 1.24. The predicted octanol–water partition coefficient (Wildman–Crippen LogP) is 1.47. The lowest BCUT2D eigenvalue weighted by Crippen LogP contribution is -2.09. The topological polar surface area (TPSA) is 52.0 Å². The zero-order chi connectivity index (χ0) is 7.68. The zero-order valence-electron chi connectivity index (χ0n) is 6.36. The number of hydrogen-bond acceptors (Lipinski definition) is 3. The van der Waals surface area contributed by atoms with Gasteiger partial charge in [-0.1, -0.05) is 18.0 Å². The summed E-state index contributed by atoms with van der Waals surface area (Å²) in [5, 5.41) is 3.62. The van der Waals surface area contributed by atoms with E-state index in [1.54, 1.807) is 12.5 Å². The van der Waals surface area contributed by atoms with Crippen molar-refractivity contribution in [3.05, 3.63) is 18.0 Å². The van der Waals surface area contributed by atoms with Crippen LogP contribution in [0.5, 0.6) is 0 Å². The van der Waals surface area contributed by atoms with Gasteiger partial charge in [-0.25, -0.2) is 0 Å². The van der Waals surface area contributed by atoms with Gasteiger partial charge >= 0.3 is 0 Å². The average molecular weight is 152 g/mol. The summed E-state index contributed by atoms with van der Waals surface area (Å²) in [5.41, 5.74) is 6.91.